The van der Waals surface area contributed by atoms with Crippen LogP contribution in [0.5, 0.6) is 5.75 Å². The summed E-state index contributed by atoms with van der Waals surface area (Å²) in [5.74, 6) is 0.341. The number of carbonyl (C=O) groups is 3. The van der Waals surface area contributed by atoms with Crippen molar-refractivity contribution in [2.45, 2.75) is 52.5 Å². The van der Waals surface area contributed by atoms with Crippen molar-refractivity contribution in [3.63, 3.8) is 0 Å². The van der Waals surface area contributed by atoms with Gasteiger partial charge in [0.15, 0.2) is 0 Å². The van der Waals surface area contributed by atoms with Crippen LogP contribution in [-0.4, -0.2) is 74.0 Å². The zero-order valence-corrected chi connectivity index (χ0v) is 29.8. The number of rotatable bonds is 22. The van der Waals surface area contributed by atoms with E-state index < -0.39 is 17.9 Å². The third kappa shape index (κ3) is 13.3. The Morgan fingerprint density at radius 2 is 1.57 bits per heavy atom. The fourth-order valence-electron chi connectivity index (χ4n) is 5.43. The quantitative estimate of drug-likeness (QED) is 0.0694. The SMILES string of the molecule is Cc1ccnc(NCCCC(=O)NCC(=O)N[C@H](CC(=O)O)c2ccc(-c3ccc(OCCOCCOCCC(C)C)c4ccccc34)cc2)c1. The molecule has 0 aliphatic heterocycles. The number of carboxylic acid groups (broad SMARTS) is 1. The van der Waals surface area contributed by atoms with Crippen molar-refractivity contribution in [2.75, 3.05) is 51.4 Å². The van der Waals surface area contributed by atoms with E-state index in [1.54, 1.807) is 6.20 Å². The highest BCUT2D eigenvalue weighted by atomic mass is 16.5. The lowest BCUT2D eigenvalue weighted by molar-refractivity contribution is -0.138. The first-order chi connectivity index (χ1) is 24.7. The zero-order chi connectivity index (χ0) is 36.4. The van der Waals surface area contributed by atoms with Crippen molar-refractivity contribution in [2.24, 2.45) is 5.92 Å². The second kappa shape index (κ2) is 20.6. The molecule has 4 N–H and O–H groups in total. The number of nitrogens with zero attached hydrogens (tertiary/aromatic N) is 1. The van der Waals surface area contributed by atoms with Crippen molar-refractivity contribution >= 4 is 34.4 Å². The highest BCUT2D eigenvalue weighted by Crippen LogP contribution is 2.35. The van der Waals surface area contributed by atoms with Gasteiger partial charge >= 0.3 is 5.97 Å². The van der Waals surface area contributed by atoms with Crippen LogP contribution in [0.1, 0.15) is 56.7 Å². The molecule has 11 heteroatoms. The third-order valence-corrected chi connectivity index (χ3v) is 8.17. The number of aliphatic carboxylic acids is 1. The lowest BCUT2D eigenvalue weighted by Crippen LogP contribution is -2.39. The Morgan fingerprint density at radius 1 is 0.843 bits per heavy atom. The molecule has 11 nitrogen and oxygen atoms in total. The van der Waals surface area contributed by atoms with Crippen LogP contribution in [0.2, 0.25) is 0 Å². The van der Waals surface area contributed by atoms with E-state index >= 15 is 0 Å². The number of pyridine rings is 1. The Balaban J connectivity index is 1.28. The molecule has 51 heavy (non-hydrogen) atoms. The van der Waals surface area contributed by atoms with Crippen LogP contribution in [0.3, 0.4) is 0 Å². The topological polar surface area (TPSA) is 148 Å². The molecule has 1 aromatic heterocycles. The lowest BCUT2D eigenvalue weighted by atomic mass is 9.95. The molecule has 3 aromatic carbocycles. The predicted molar refractivity (Wildman–Crippen MR) is 199 cm³/mol. The Hall–Kier alpha value is -5.00. The molecule has 0 saturated heterocycles. The number of nitrogens with one attached hydrogen (secondary N) is 3. The van der Waals surface area contributed by atoms with Crippen LogP contribution >= 0.6 is 0 Å². The maximum atomic E-state index is 12.7. The van der Waals surface area contributed by atoms with Gasteiger partial charge in [-0.25, -0.2) is 4.98 Å². The summed E-state index contributed by atoms with van der Waals surface area (Å²) in [6.45, 7) is 9.34. The summed E-state index contributed by atoms with van der Waals surface area (Å²) in [6, 6.07) is 22.5. The van der Waals surface area contributed by atoms with E-state index in [2.05, 4.69) is 34.8 Å². The van der Waals surface area contributed by atoms with Gasteiger partial charge in [-0.15, -0.1) is 0 Å². The van der Waals surface area contributed by atoms with Gasteiger partial charge in [-0.05, 0) is 71.5 Å². The number of aromatic nitrogens is 1. The van der Waals surface area contributed by atoms with Gasteiger partial charge in [0.05, 0.1) is 38.8 Å². The highest BCUT2D eigenvalue weighted by Gasteiger charge is 2.19. The van der Waals surface area contributed by atoms with Gasteiger partial charge < -0.3 is 35.3 Å². The second-order valence-electron chi connectivity index (χ2n) is 12.8. The maximum absolute atomic E-state index is 12.7. The van der Waals surface area contributed by atoms with E-state index in [1.165, 1.54) is 0 Å². The third-order valence-electron chi connectivity index (χ3n) is 8.17. The van der Waals surface area contributed by atoms with Crippen LogP contribution in [0, 0.1) is 12.8 Å². The van der Waals surface area contributed by atoms with E-state index in [-0.39, 0.29) is 25.3 Å². The zero-order valence-electron chi connectivity index (χ0n) is 29.8. The molecule has 1 heterocycles. The van der Waals surface area contributed by atoms with E-state index in [1.807, 2.05) is 79.7 Å². The molecule has 0 bridgehead atoms. The van der Waals surface area contributed by atoms with E-state index in [4.69, 9.17) is 14.2 Å². The first-order valence-corrected chi connectivity index (χ1v) is 17.5. The molecule has 0 aliphatic rings. The van der Waals surface area contributed by atoms with Gasteiger partial charge in [-0.2, -0.15) is 0 Å². The van der Waals surface area contributed by atoms with Crippen molar-refractivity contribution in [1.29, 1.82) is 0 Å². The number of amides is 2. The van der Waals surface area contributed by atoms with Crippen LogP contribution in [-0.2, 0) is 23.9 Å². The number of hydrogen-bond acceptors (Lipinski definition) is 8. The number of carboxylic acids is 1. The monoisotopic (exact) mass is 698 g/mol. The van der Waals surface area contributed by atoms with E-state index in [9.17, 15) is 19.5 Å². The Morgan fingerprint density at radius 3 is 2.29 bits per heavy atom. The standard InChI is InChI=1S/C40H50N4O7/c1-28(2)17-20-49-21-22-50-23-24-51-36-15-14-32(33-7-4-5-8-34(33)36)30-10-12-31(13-11-30)35(26-40(47)48)44-39(46)27-43-38(45)9-6-18-41-37-25-29(3)16-19-42-37/h4-5,7-8,10-16,19,25,28,35H,6,9,17-18,20-24,26-27H2,1-3H3,(H,41,42)(H,43,45)(H,44,46)(H,47,48)/t35-/m1/s1. The van der Waals surface area contributed by atoms with Crippen LogP contribution in [0.25, 0.3) is 21.9 Å². The van der Waals surface area contributed by atoms with Gasteiger partial charge in [0.1, 0.15) is 18.2 Å². The average Bonchev–Trinajstić information content (AvgIpc) is 3.11. The molecule has 0 radical (unpaired) electrons. The van der Waals surface area contributed by atoms with Crippen molar-refractivity contribution in [3.8, 4) is 16.9 Å². The smallest absolute Gasteiger partial charge is 0.305 e. The van der Waals surface area contributed by atoms with Crippen LogP contribution in [0.15, 0.2) is 79.0 Å². The first-order valence-electron chi connectivity index (χ1n) is 17.5. The average molecular weight is 699 g/mol. The van der Waals surface area contributed by atoms with Gasteiger partial charge in [0.2, 0.25) is 11.8 Å². The Kier molecular flexibility index (Phi) is 15.7. The van der Waals surface area contributed by atoms with Gasteiger partial charge in [0.25, 0.3) is 0 Å². The van der Waals surface area contributed by atoms with E-state index in [0.717, 1.165) is 52.1 Å². The molecule has 1 atom stereocenters. The summed E-state index contributed by atoms with van der Waals surface area (Å²) >= 11 is 0. The molecule has 4 aromatic rings. The number of ether oxygens (including phenoxy) is 3. The number of hydrogen-bond donors (Lipinski definition) is 4. The molecule has 0 aliphatic carbocycles. The molecular formula is C40H50N4O7. The summed E-state index contributed by atoms with van der Waals surface area (Å²) in [5, 5.41) is 20.1. The van der Waals surface area contributed by atoms with Crippen LogP contribution in [0.4, 0.5) is 5.82 Å². The minimum Gasteiger partial charge on any atom is -0.491 e. The molecule has 0 saturated carbocycles. The summed E-state index contributed by atoms with van der Waals surface area (Å²) in [4.78, 5) is 41.0. The largest absolute Gasteiger partial charge is 0.491 e. The first kappa shape index (κ1) is 38.8. The highest BCUT2D eigenvalue weighted by molar-refractivity contribution is 6.00. The lowest BCUT2D eigenvalue weighted by Gasteiger charge is -2.19. The summed E-state index contributed by atoms with van der Waals surface area (Å²) in [7, 11) is 0. The number of benzene rings is 3. The number of fused-ring (bicyclic) bond motifs is 1. The van der Waals surface area contributed by atoms with E-state index in [0.29, 0.717) is 50.9 Å². The minimum atomic E-state index is -1.05. The summed E-state index contributed by atoms with van der Waals surface area (Å²) in [5.41, 5.74) is 3.66. The number of anilines is 1. The van der Waals surface area contributed by atoms with Gasteiger partial charge in [0, 0.05) is 31.2 Å². The normalized spacial score (nSPS) is 11.7. The molecule has 2 amide bonds. The Labute approximate surface area is 300 Å². The second-order valence-corrected chi connectivity index (χ2v) is 12.8. The maximum Gasteiger partial charge on any atom is 0.305 e. The fourth-order valence-corrected chi connectivity index (χ4v) is 5.43. The van der Waals surface area contributed by atoms with Gasteiger partial charge in [-0.1, -0.05) is 68.4 Å². The molecular weight excluding hydrogens is 648 g/mol. The fraction of sp³-hybridized carbons (Fsp3) is 0.400. The van der Waals surface area contributed by atoms with Gasteiger partial charge in [-0.3, -0.25) is 14.4 Å². The minimum absolute atomic E-state index is 0.233. The van der Waals surface area contributed by atoms with Crippen molar-refractivity contribution in [1.82, 2.24) is 15.6 Å². The van der Waals surface area contributed by atoms with Crippen molar-refractivity contribution < 1.29 is 33.7 Å². The molecule has 4 rings (SSSR count). The molecule has 0 spiro atoms. The van der Waals surface area contributed by atoms with Crippen LogP contribution < -0.4 is 20.7 Å². The summed E-state index contributed by atoms with van der Waals surface area (Å²) in [6.07, 6.45) is 3.25. The Bertz CT molecular complexity index is 1710. The molecule has 0 fully saturated rings. The number of carbonyl (C=O) groups excluding carboxylic acids is 2. The van der Waals surface area contributed by atoms with Crippen molar-refractivity contribution in [3.05, 3.63) is 90.1 Å². The molecule has 0 unspecified atom stereocenters. The predicted octanol–water partition coefficient (Wildman–Crippen LogP) is 6.31. The number of aryl methyl sites for hydroxylation is 1. The summed E-state index contributed by atoms with van der Waals surface area (Å²) < 4.78 is 17.3. The molecule has 272 valence electrons.